The Morgan fingerprint density at radius 1 is 0.274 bits per heavy atom. The Morgan fingerprint density at radius 2 is 0.726 bits per heavy atom. The Hall–Kier alpha value is -7.74. The van der Waals surface area contributed by atoms with E-state index in [0.717, 1.165) is 11.4 Å². The number of hydrogen-bond donors (Lipinski definition) is 1. The van der Waals surface area contributed by atoms with Gasteiger partial charge in [0.25, 0.3) is 0 Å². The van der Waals surface area contributed by atoms with Crippen molar-refractivity contribution in [2.45, 2.75) is 19.3 Å². The third kappa shape index (κ3) is 5.03. The fraction of sp³-hybridized carbons (Fsp3) is 0.0492. The Balaban J connectivity index is 1.09. The van der Waals surface area contributed by atoms with Crippen LogP contribution in [0.3, 0.4) is 0 Å². The van der Waals surface area contributed by atoms with Gasteiger partial charge in [0.1, 0.15) is 0 Å². The highest BCUT2D eigenvalue weighted by Crippen LogP contribution is 2.53. The van der Waals surface area contributed by atoms with Gasteiger partial charge < -0.3 is 5.32 Å². The summed E-state index contributed by atoms with van der Waals surface area (Å²) in [6, 6.07) is 76.9. The standard InChI is InChI=1S/C61H41N/c1-61(2)56-32-27-37-15-3-8-20-44(37)60(56)52-31-29-41(36-57(52)61)62-40-28-30-51-55(35-40)59(54-34-39-17-5-7-19-43(39)46-22-10-12-24-48(46)54)50-26-14-13-25-49(50)58(51)53-33-38-16-4-6-18-42(38)45-21-9-11-23-47(45)53/h3-36,62H,1-2H3. The van der Waals surface area contributed by atoms with Crippen molar-refractivity contribution in [3.8, 4) is 33.4 Å². The number of fused-ring (bicyclic) bond motifs is 13. The zero-order valence-corrected chi connectivity index (χ0v) is 34.6. The van der Waals surface area contributed by atoms with E-state index in [1.165, 1.54) is 120 Å². The van der Waals surface area contributed by atoms with E-state index in [-0.39, 0.29) is 5.41 Å². The Labute approximate surface area is 360 Å². The molecule has 1 heteroatoms. The highest BCUT2D eigenvalue weighted by Gasteiger charge is 2.36. The lowest BCUT2D eigenvalue weighted by atomic mass is 9.82. The number of hydrogen-bond acceptors (Lipinski definition) is 1. The first-order valence-corrected chi connectivity index (χ1v) is 21.8. The Bertz CT molecular complexity index is 3870. The van der Waals surface area contributed by atoms with E-state index < -0.39 is 0 Å². The lowest BCUT2D eigenvalue weighted by Gasteiger charge is -2.23. The van der Waals surface area contributed by atoms with Gasteiger partial charge >= 0.3 is 0 Å². The van der Waals surface area contributed by atoms with E-state index in [4.69, 9.17) is 0 Å². The van der Waals surface area contributed by atoms with Gasteiger partial charge in [-0.2, -0.15) is 0 Å². The number of rotatable bonds is 4. The highest BCUT2D eigenvalue weighted by atomic mass is 14.9. The molecule has 0 unspecified atom stereocenters. The maximum absolute atomic E-state index is 3.93. The molecule has 0 spiro atoms. The van der Waals surface area contributed by atoms with E-state index in [0.29, 0.717) is 0 Å². The van der Waals surface area contributed by atoms with Crippen molar-refractivity contribution in [2.24, 2.45) is 0 Å². The van der Waals surface area contributed by atoms with Crippen molar-refractivity contribution >= 4 is 86.8 Å². The molecule has 0 amide bonds. The van der Waals surface area contributed by atoms with Crippen molar-refractivity contribution in [2.75, 3.05) is 5.32 Å². The summed E-state index contributed by atoms with van der Waals surface area (Å²) in [7, 11) is 0. The molecule has 12 aromatic carbocycles. The van der Waals surface area contributed by atoms with Crippen LogP contribution >= 0.6 is 0 Å². The molecule has 1 nitrogen and oxygen atoms in total. The number of benzene rings is 12. The molecule has 0 saturated heterocycles. The number of nitrogens with one attached hydrogen (secondary N) is 1. The maximum atomic E-state index is 3.93. The molecule has 1 aliphatic carbocycles. The first-order chi connectivity index (χ1) is 30.5. The average molecular weight is 788 g/mol. The third-order valence-corrected chi connectivity index (χ3v) is 14.0. The molecule has 0 atom stereocenters. The second kappa shape index (κ2) is 13.1. The molecule has 12 aromatic rings. The zero-order valence-electron chi connectivity index (χ0n) is 34.6. The molecule has 290 valence electrons. The summed E-state index contributed by atoms with van der Waals surface area (Å²) in [5.74, 6) is 0. The first-order valence-electron chi connectivity index (χ1n) is 21.8. The molecule has 13 rings (SSSR count). The van der Waals surface area contributed by atoms with Crippen LogP contribution < -0.4 is 5.32 Å². The smallest absolute Gasteiger partial charge is 0.0390 e. The highest BCUT2D eigenvalue weighted by molar-refractivity contribution is 6.28. The second-order valence-corrected chi connectivity index (χ2v) is 17.7. The topological polar surface area (TPSA) is 12.0 Å². The summed E-state index contributed by atoms with van der Waals surface area (Å²) in [6.07, 6.45) is 0. The fourth-order valence-electron chi connectivity index (χ4n) is 11.1. The minimum Gasteiger partial charge on any atom is -0.355 e. The molecular weight excluding hydrogens is 747 g/mol. The van der Waals surface area contributed by atoms with E-state index in [2.05, 4.69) is 225 Å². The normalized spacial score (nSPS) is 13.1. The van der Waals surface area contributed by atoms with E-state index in [1.807, 2.05) is 0 Å². The minimum absolute atomic E-state index is 0.128. The van der Waals surface area contributed by atoms with Crippen LogP contribution in [0, 0.1) is 0 Å². The van der Waals surface area contributed by atoms with Crippen LogP contribution in [0.25, 0.3) is 109 Å². The van der Waals surface area contributed by atoms with Crippen LogP contribution in [0.5, 0.6) is 0 Å². The van der Waals surface area contributed by atoms with Crippen LogP contribution in [-0.4, -0.2) is 0 Å². The Morgan fingerprint density at radius 3 is 1.34 bits per heavy atom. The lowest BCUT2D eigenvalue weighted by Crippen LogP contribution is -2.15. The summed E-state index contributed by atoms with van der Waals surface area (Å²) in [4.78, 5) is 0. The van der Waals surface area contributed by atoms with Crippen molar-refractivity contribution in [1.82, 2.24) is 0 Å². The molecule has 0 fully saturated rings. The van der Waals surface area contributed by atoms with Gasteiger partial charge in [-0.15, -0.1) is 0 Å². The van der Waals surface area contributed by atoms with Gasteiger partial charge in [-0.05, 0) is 156 Å². The monoisotopic (exact) mass is 787 g/mol. The molecule has 0 saturated carbocycles. The SMILES string of the molecule is CC1(C)c2cc(Nc3ccc4c(-c5cc6ccccc6c6ccccc56)c5ccccc5c(-c5cc6ccccc6c6ccccc56)c4c3)ccc2-c2c1ccc1ccccc21. The average Bonchev–Trinajstić information content (AvgIpc) is 3.55. The lowest BCUT2D eigenvalue weighted by molar-refractivity contribution is 0.661. The largest absolute Gasteiger partial charge is 0.355 e. The van der Waals surface area contributed by atoms with E-state index in [1.54, 1.807) is 0 Å². The van der Waals surface area contributed by atoms with Gasteiger partial charge in [-0.3, -0.25) is 0 Å². The third-order valence-electron chi connectivity index (χ3n) is 14.0. The molecule has 0 bridgehead atoms. The molecule has 0 aromatic heterocycles. The molecule has 62 heavy (non-hydrogen) atoms. The summed E-state index contributed by atoms with van der Waals surface area (Å²) in [6.45, 7) is 4.74. The van der Waals surface area contributed by atoms with Crippen molar-refractivity contribution in [3.63, 3.8) is 0 Å². The van der Waals surface area contributed by atoms with Gasteiger partial charge in [-0.25, -0.2) is 0 Å². The van der Waals surface area contributed by atoms with Gasteiger partial charge in [0.2, 0.25) is 0 Å². The fourth-order valence-corrected chi connectivity index (χ4v) is 11.1. The number of anilines is 2. The van der Waals surface area contributed by atoms with E-state index >= 15 is 0 Å². The van der Waals surface area contributed by atoms with Crippen LogP contribution in [0.2, 0.25) is 0 Å². The minimum atomic E-state index is -0.128. The molecule has 1 N–H and O–H groups in total. The van der Waals surface area contributed by atoms with Crippen molar-refractivity contribution in [3.05, 3.63) is 217 Å². The second-order valence-electron chi connectivity index (χ2n) is 17.7. The summed E-state index contributed by atoms with van der Waals surface area (Å²) < 4.78 is 0. The summed E-state index contributed by atoms with van der Waals surface area (Å²) in [5, 5.41) is 21.6. The first kappa shape index (κ1) is 35.1. The molecule has 0 aliphatic heterocycles. The Kier molecular flexibility index (Phi) is 7.42. The summed E-state index contributed by atoms with van der Waals surface area (Å²) in [5.41, 5.74) is 12.5. The van der Waals surface area contributed by atoms with Gasteiger partial charge in [0.15, 0.2) is 0 Å². The maximum Gasteiger partial charge on any atom is 0.0390 e. The summed E-state index contributed by atoms with van der Waals surface area (Å²) >= 11 is 0. The van der Waals surface area contributed by atoms with Gasteiger partial charge in [0.05, 0.1) is 0 Å². The molecule has 0 heterocycles. The van der Waals surface area contributed by atoms with Crippen LogP contribution in [0.15, 0.2) is 206 Å². The molecule has 1 aliphatic rings. The van der Waals surface area contributed by atoms with Gasteiger partial charge in [0, 0.05) is 16.8 Å². The van der Waals surface area contributed by atoms with Crippen molar-refractivity contribution < 1.29 is 0 Å². The van der Waals surface area contributed by atoms with Crippen LogP contribution in [0.4, 0.5) is 11.4 Å². The van der Waals surface area contributed by atoms with E-state index in [9.17, 15) is 0 Å². The van der Waals surface area contributed by atoms with Crippen LogP contribution in [0.1, 0.15) is 25.0 Å². The quantitative estimate of drug-likeness (QED) is 0.138. The van der Waals surface area contributed by atoms with Gasteiger partial charge in [-0.1, -0.05) is 184 Å². The predicted molar refractivity (Wildman–Crippen MR) is 267 cm³/mol. The molecular formula is C61H41N. The zero-order chi connectivity index (χ0) is 41.1. The molecule has 0 radical (unpaired) electrons. The van der Waals surface area contributed by atoms with Crippen molar-refractivity contribution in [1.29, 1.82) is 0 Å². The van der Waals surface area contributed by atoms with Crippen LogP contribution in [-0.2, 0) is 5.41 Å². The predicted octanol–water partition coefficient (Wildman–Crippen LogP) is 17.1.